The zero-order chi connectivity index (χ0) is 25.1. The molecule has 0 saturated carbocycles. The molecular formula is C22H14Cl3FN4O5. The SMILES string of the molecule is O=C(Nc1nn(Cc2c(F)cccc2Cl)cc1Cl)c1ccc(COc2cc([N+](=O)[O-])ccc2Cl)o1. The second-order valence-electron chi connectivity index (χ2n) is 7.10. The number of non-ortho nitro benzene ring substituents is 1. The molecule has 0 aliphatic heterocycles. The fourth-order valence-corrected chi connectivity index (χ4v) is 3.61. The normalized spacial score (nSPS) is 10.9. The van der Waals surface area contributed by atoms with Crippen LogP contribution in [0.15, 0.2) is 59.1 Å². The average molecular weight is 540 g/mol. The minimum absolute atomic E-state index is 0.00352. The highest BCUT2D eigenvalue weighted by molar-refractivity contribution is 6.33. The van der Waals surface area contributed by atoms with Gasteiger partial charge in [0, 0.05) is 22.8 Å². The summed E-state index contributed by atoms with van der Waals surface area (Å²) in [6.45, 7) is -0.128. The number of ether oxygens (including phenoxy) is 1. The van der Waals surface area contributed by atoms with Crippen LogP contribution in [-0.4, -0.2) is 20.6 Å². The standard InChI is InChI=1S/C22H14Cl3FN4O5/c23-15-2-1-3-18(26)14(15)9-29-10-17(25)21(28-29)27-22(31)19-7-5-13(35-19)11-34-20-8-12(30(32)33)4-6-16(20)24/h1-8,10H,9,11H2,(H,27,28,31). The highest BCUT2D eigenvalue weighted by Gasteiger charge is 2.18. The van der Waals surface area contributed by atoms with Crippen molar-refractivity contribution in [2.24, 2.45) is 0 Å². The third-order valence-corrected chi connectivity index (χ3v) is 5.65. The lowest BCUT2D eigenvalue weighted by Gasteiger charge is -2.06. The molecule has 2 aromatic heterocycles. The van der Waals surface area contributed by atoms with E-state index in [4.69, 9.17) is 44.0 Å². The predicted octanol–water partition coefficient (Wildman–Crippen LogP) is 6.36. The lowest BCUT2D eigenvalue weighted by atomic mass is 10.2. The van der Waals surface area contributed by atoms with E-state index >= 15 is 0 Å². The van der Waals surface area contributed by atoms with Crippen molar-refractivity contribution in [1.82, 2.24) is 9.78 Å². The summed E-state index contributed by atoms with van der Waals surface area (Å²) in [7, 11) is 0. The zero-order valence-electron chi connectivity index (χ0n) is 17.5. The van der Waals surface area contributed by atoms with Crippen LogP contribution < -0.4 is 10.1 Å². The number of nitro benzene ring substituents is 1. The second kappa shape index (κ2) is 10.3. The number of anilines is 1. The van der Waals surface area contributed by atoms with Crippen LogP contribution in [0.5, 0.6) is 5.75 Å². The van der Waals surface area contributed by atoms with Gasteiger partial charge in [0.15, 0.2) is 11.6 Å². The largest absolute Gasteiger partial charge is 0.484 e. The number of rotatable bonds is 8. The maximum atomic E-state index is 14.0. The van der Waals surface area contributed by atoms with E-state index in [0.29, 0.717) is 0 Å². The molecule has 0 aliphatic rings. The van der Waals surface area contributed by atoms with Crippen molar-refractivity contribution < 1.29 is 23.3 Å². The number of aromatic nitrogens is 2. The summed E-state index contributed by atoms with van der Waals surface area (Å²) in [6, 6.07) is 11.0. The summed E-state index contributed by atoms with van der Waals surface area (Å²) in [5, 5.41) is 18.1. The van der Waals surface area contributed by atoms with Gasteiger partial charge in [-0.3, -0.25) is 19.6 Å². The zero-order valence-corrected chi connectivity index (χ0v) is 19.8. The molecule has 4 aromatic rings. The number of benzene rings is 2. The van der Waals surface area contributed by atoms with Crippen LogP contribution in [0.2, 0.25) is 15.1 Å². The third kappa shape index (κ3) is 5.73. The van der Waals surface area contributed by atoms with Crippen LogP contribution in [0, 0.1) is 15.9 Å². The Morgan fingerprint density at radius 3 is 2.69 bits per heavy atom. The monoisotopic (exact) mass is 538 g/mol. The van der Waals surface area contributed by atoms with Gasteiger partial charge in [-0.15, -0.1) is 0 Å². The predicted molar refractivity (Wildman–Crippen MR) is 127 cm³/mol. The molecule has 0 saturated heterocycles. The molecule has 2 aromatic carbocycles. The fraction of sp³-hybridized carbons (Fsp3) is 0.0909. The first-order chi connectivity index (χ1) is 16.7. The first-order valence-corrected chi connectivity index (χ1v) is 11.0. The minimum Gasteiger partial charge on any atom is -0.484 e. The Bertz CT molecular complexity index is 1400. The molecular weight excluding hydrogens is 526 g/mol. The highest BCUT2D eigenvalue weighted by atomic mass is 35.5. The lowest BCUT2D eigenvalue weighted by Crippen LogP contribution is -2.12. The van der Waals surface area contributed by atoms with E-state index in [9.17, 15) is 19.3 Å². The molecule has 9 nitrogen and oxygen atoms in total. The summed E-state index contributed by atoms with van der Waals surface area (Å²) < 4.78 is 26.3. The van der Waals surface area contributed by atoms with Crippen molar-refractivity contribution in [2.45, 2.75) is 13.2 Å². The van der Waals surface area contributed by atoms with Crippen molar-refractivity contribution in [1.29, 1.82) is 0 Å². The van der Waals surface area contributed by atoms with E-state index in [0.717, 1.165) is 0 Å². The van der Waals surface area contributed by atoms with Gasteiger partial charge in [-0.1, -0.05) is 40.9 Å². The number of carbonyl (C=O) groups excluding carboxylic acids is 1. The quantitative estimate of drug-likeness (QED) is 0.206. The van der Waals surface area contributed by atoms with Gasteiger partial charge in [0.1, 0.15) is 29.0 Å². The summed E-state index contributed by atoms with van der Waals surface area (Å²) in [5.74, 6) is -0.788. The van der Waals surface area contributed by atoms with Crippen molar-refractivity contribution in [3.8, 4) is 5.75 Å². The van der Waals surface area contributed by atoms with Gasteiger partial charge >= 0.3 is 0 Å². The average Bonchev–Trinajstić information content (AvgIpc) is 3.42. The number of amides is 1. The van der Waals surface area contributed by atoms with Gasteiger partial charge in [0.05, 0.1) is 22.6 Å². The van der Waals surface area contributed by atoms with E-state index < -0.39 is 16.6 Å². The number of nitro groups is 1. The van der Waals surface area contributed by atoms with Crippen molar-refractivity contribution in [3.05, 3.63) is 103 Å². The van der Waals surface area contributed by atoms with Crippen LogP contribution in [0.25, 0.3) is 0 Å². The Morgan fingerprint density at radius 1 is 1.14 bits per heavy atom. The molecule has 4 rings (SSSR count). The van der Waals surface area contributed by atoms with E-state index in [1.165, 1.54) is 53.3 Å². The molecule has 13 heteroatoms. The molecule has 0 radical (unpaired) electrons. The number of carbonyl (C=O) groups is 1. The first-order valence-electron chi connectivity index (χ1n) is 9.84. The summed E-state index contributed by atoms with van der Waals surface area (Å²) >= 11 is 18.2. The van der Waals surface area contributed by atoms with Gasteiger partial charge in [-0.2, -0.15) is 5.10 Å². The Kier molecular flexibility index (Phi) is 7.25. The molecule has 180 valence electrons. The van der Waals surface area contributed by atoms with Gasteiger partial charge in [-0.05, 0) is 30.3 Å². The summed E-state index contributed by atoms with van der Waals surface area (Å²) in [6.07, 6.45) is 1.42. The van der Waals surface area contributed by atoms with Crippen LogP contribution in [-0.2, 0) is 13.2 Å². The van der Waals surface area contributed by atoms with E-state index in [-0.39, 0.29) is 62.6 Å². The molecule has 2 heterocycles. The van der Waals surface area contributed by atoms with Crippen LogP contribution >= 0.6 is 34.8 Å². The van der Waals surface area contributed by atoms with Crippen LogP contribution in [0.1, 0.15) is 21.9 Å². The Labute approximate surface area is 212 Å². The topological polar surface area (TPSA) is 112 Å². The summed E-state index contributed by atoms with van der Waals surface area (Å²) in [5.41, 5.74) is 0.0447. The molecule has 0 bridgehead atoms. The maximum absolute atomic E-state index is 14.0. The van der Waals surface area contributed by atoms with Gasteiger partial charge in [-0.25, -0.2) is 4.39 Å². The van der Waals surface area contributed by atoms with Crippen molar-refractivity contribution in [2.75, 3.05) is 5.32 Å². The second-order valence-corrected chi connectivity index (χ2v) is 8.33. The molecule has 1 amide bonds. The maximum Gasteiger partial charge on any atom is 0.292 e. The first kappa shape index (κ1) is 24.5. The van der Waals surface area contributed by atoms with E-state index in [1.54, 1.807) is 6.07 Å². The Balaban J connectivity index is 1.41. The van der Waals surface area contributed by atoms with Gasteiger partial charge in [0.25, 0.3) is 11.6 Å². The lowest BCUT2D eigenvalue weighted by molar-refractivity contribution is -0.384. The van der Waals surface area contributed by atoms with Gasteiger partial charge < -0.3 is 14.5 Å². The smallest absolute Gasteiger partial charge is 0.292 e. The molecule has 35 heavy (non-hydrogen) atoms. The van der Waals surface area contributed by atoms with Crippen LogP contribution in [0.3, 0.4) is 0 Å². The fourth-order valence-electron chi connectivity index (χ4n) is 3.02. The number of halogens is 4. The Morgan fingerprint density at radius 2 is 1.94 bits per heavy atom. The molecule has 0 atom stereocenters. The number of hydrogen-bond acceptors (Lipinski definition) is 6. The molecule has 0 unspecified atom stereocenters. The number of nitrogens with zero attached hydrogens (tertiary/aromatic N) is 3. The minimum atomic E-state index is -0.638. The van der Waals surface area contributed by atoms with Gasteiger partial charge in [0.2, 0.25) is 0 Å². The summed E-state index contributed by atoms with van der Waals surface area (Å²) in [4.78, 5) is 22.9. The number of furan rings is 1. The van der Waals surface area contributed by atoms with Crippen molar-refractivity contribution in [3.63, 3.8) is 0 Å². The molecule has 0 fully saturated rings. The highest BCUT2D eigenvalue weighted by Crippen LogP contribution is 2.30. The van der Waals surface area contributed by atoms with Crippen molar-refractivity contribution >= 4 is 52.2 Å². The number of nitrogens with one attached hydrogen (secondary N) is 1. The molecule has 0 spiro atoms. The van der Waals surface area contributed by atoms with E-state index in [2.05, 4.69) is 10.4 Å². The number of hydrogen-bond donors (Lipinski definition) is 1. The third-order valence-electron chi connectivity index (χ3n) is 4.71. The molecule has 0 aliphatic carbocycles. The molecule has 1 N–H and O–H groups in total. The van der Waals surface area contributed by atoms with Crippen LogP contribution in [0.4, 0.5) is 15.9 Å². The van der Waals surface area contributed by atoms with E-state index in [1.807, 2.05) is 0 Å². The Hall–Kier alpha value is -3.60.